The topological polar surface area (TPSA) is 93.5 Å². The number of nitrogens with zero attached hydrogens (tertiary/aromatic N) is 1. The Bertz CT molecular complexity index is 681. The number of nitrogens with one attached hydrogen (secondary N) is 2. The highest BCUT2D eigenvalue weighted by Gasteiger charge is 2.21. The molecule has 2 N–H and O–H groups in total. The Hall–Kier alpha value is -2.83. The molecule has 0 aliphatic heterocycles. The molecule has 1 unspecified atom stereocenters. The highest BCUT2D eigenvalue weighted by molar-refractivity contribution is 5.85. The first-order valence-corrected chi connectivity index (χ1v) is 8.09. The highest BCUT2D eigenvalue weighted by atomic mass is 16.5. The van der Waals surface area contributed by atoms with E-state index in [1.165, 1.54) is 13.5 Å². The lowest BCUT2D eigenvalue weighted by atomic mass is 10.0. The van der Waals surface area contributed by atoms with Crippen molar-refractivity contribution < 1.29 is 18.7 Å². The van der Waals surface area contributed by atoms with E-state index in [1.54, 1.807) is 6.20 Å². The van der Waals surface area contributed by atoms with Crippen LogP contribution < -0.4 is 10.6 Å². The molecule has 1 atom stereocenters. The molecule has 1 aromatic carbocycles. The number of rotatable bonds is 7. The standard InChI is InChI=1S/C18H23N3O4/c1-12(2)8-15(21-18(23)24-3)17(22)20-9-13-4-6-14(7-5-13)16-10-19-11-25-16/h4-7,10-12,15H,8-9H2,1-3H3,(H,20,22)(H,21,23). The molecule has 0 saturated heterocycles. The summed E-state index contributed by atoms with van der Waals surface area (Å²) in [7, 11) is 1.27. The van der Waals surface area contributed by atoms with E-state index in [9.17, 15) is 9.59 Å². The largest absolute Gasteiger partial charge is 0.453 e. The van der Waals surface area contributed by atoms with E-state index in [0.717, 1.165) is 11.1 Å². The van der Waals surface area contributed by atoms with Gasteiger partial charge in [0, 0.05) is 12.1 Å². The summed E-state index contributed by atoms with van der Waals surface area (Å²) >= 11 is 0. The van der Waals surface area contributed by atoms with Gasteiger partial charge in [0.2, 0.25) is 5.91 Å². The van der Waals surface area contributed by atoms with E-state index >= 15 is 0 Å². The summed E-state index contributed by atoms with van der Waals surface area (Å²) in [5, 5.41) is 5.41. The molecule has 0 fully saturated rings. The quantitative estimate of drug-likeness (QED) is 0.805. The zero-order valence-corrected chi connectivity index (χ0v) is 14.6. The van der Waals surface area contributed by atoms with Crippen LogP contribution in [0, 0.1) is 5.92 Å². The summed E-state index contributed by atoms with van der Waals surface area (Å²) in [5.41, 5.74) is 1.86. The van der Waals surface area contributed by atoms with Gasteiger partial charge in [0.05, 0.1) is 13.3 Å². The molecule has 25 heavy (non-hydrogen) atoms. The molecular weight excluding hydrogens is 322 g/mol. The summed E-state index contributed by atoms with van der Waals surface area (Å²) in [5.74, 6) is 0.711. The predicted octanol–water partition coefficient (Wildman–Crippen LogP) is 2.73. The van der Waals surface area contributed by atoms with Crippen molar-refractivity contribution in [2.24, 2.45) is 5.92 Å². The number of methoxy groups -OCH3 is 1. The third-order valence-electron chi connectivity index (χ3n) is 3.64. The van der Waals surface area contributed by atoms with Gasteiger partial charge in [-0.15, -0.1) is 0 Å². The van der Waals surface area contributed by atoms with Gasteiger partial charge < -0.3 is 19.8 Å². The van der Waals surface area contributed by atoms with Crippen LogP contribution in [0.1, 0.15) is 25.8 Å². The molecule has 0 spiro atoms. The average molecular weight is 345 g/mol. The Morgan fingerprint density at radius 3 is 2.52 bits per heavy atom. The minimum atomic E-state index is -0.624. The normalized spacial score (nSPS) is 11.8. The Labute approximate surface area is 146 Å². The summed E-state index contributed by atoms with van der Waals surface area (Å²) < 4.78 is 9.82. The van der Waals surface area contributed by atoms with Crippen LogP contribution in [0.25, 0.3) is 11.3 Å². The summed E-state index contributed by atoms with van der Waals surface area (Å²) in [6.45, 7) is 4.34. The molecule has 0 saturated carbocycles. The van der Waals surface area contributed by atoms with Crippen LogP contribution >= 0.6 is 0 Å². The number of benzene rings is 1. The fraction of sp³-hybridized carbons (Fsp3) is 0.389. The summed E-state index contributed by atoms with van der Waals surface area (Å²) in [6, 6.07) is 6.99. The maximum absolute atomic E-state index is 12.4. The van der Waals surface area contributed by atoms with E-state index < -0.39 is 12.1 Å². The lowest BCUT2D eigenvalue weighted by Crippen LogP contribution is -2.47. The van der Waals surface area contributed by atoms with E-state index in [1.807, 2.05) is 38.1 Å². The second kappa shape index (κ2) is 8.86. The van der Waals surface area contributed by atoms with Crippen LogP contribution in [0.15, 0.2) is 41.3 Å². The first-order valence-electron chi connectivity index (χ1n) is 8.09. The van der Waals surface area contributed by atoms with Gasteiger partial charge in [-0.1, -0.05) is 38.1 Å². The SMILES string of the molecule is COC(=O)NC(CC(C)C)C(=O)NCc1ccc(-c2cnco2)cc1. The fourth-order valence-corrected chi connectivity index (χ4v) is 2.36. The molecule has 1 heterocycles. The number of ether oxygens (including phenoxy) is 1. The van der Waals surface area contributed by atoms with Crippen LogP contribution in [0.3, 0.4) is 0 Å². The van der Waals surface area contributed by atoms with Gasteiger partial charge in [0.25, 0.3) is 0 Å². The number of aromatic nitrogens is 1. The van der Waals surface area contributed by atoms with Crippen molar-refractivity contribution in [1.29, 1.82) is 0 Å². The number of carbonyl (C=O) groups is 2. The molecule has 1 aromatic heterocycles. The van der Waals surface area contributed by atoms with Gasteiger partial charge in [-0.25, -0.2) is 9.78 Å². The second-order valence-electron chi connectivity index (χ2n) is 6.10. The van der Waals surface area contributed by atoms with E-state index in [-0.39, 0.29) is 11.8 Å². The van der Waals surface area contributed by atoms with Gasteiger partial charge >= 0.3 is 6.09 Å². The van der Waals surface area contributed by atoms with Gasteiger partial charge in [0.1, 0.15) is 6.04 Å². The first kappa shape index (κ1) is 18.5. The van der Waals surface area contributed by atoms with Crippen molar-refractivity contribution in [2.75, 3.05) is 7.11 Å². The fourth-order valence-electron chi connectivity index (χ4n) is 2.36. The molecule has 0 radical (unpaired) electrons. The number of alkyl carbamates (subject to hydrolysis) is 1. The Balaban J connectivity index is 1.93. The molecule has 2 aromatic rings. The Morgan fingerprint density at radius 1 is 1.24 bits per heavy atom. The number of oxazole rings is 1. The molecule has 134 valence electrons. The summed E-state index contributed by atoms with van der Waals surface area (Å²) in [6.07, 6.45) is 2.95. The molecule has 0 aliphatic rings. The van der Waals surface area contributed by atoms with Crippen molar-refractivity contribution in [3.63, 3.8) is 0 Å². The van der Waals surface area contributed by atoms with Crippen molar-refractivity contribution >= 4 is 12.0 Å². The average Bonchev–Trinajstić information content (AvgIpc) is 3.13. The van der Waals surface area contributed by atoms with Gasteiger partial charge in [-0.3, -0.25) is 4.79 Å². The minimum absolute atomic E-state index is 0.238. The molecule has 0 aliphatic carbocycles. The lowest BCUT2D eigenvalue weighted by Gasteiger charge is -2.19. The smallest absolute Gasteiger partial charge is 0.407 e. The van der Waals surface area contributed by atoms with Crippen LogP contribution in [0.2, 0.25) is 0 Å². The van der Waals surface area contributed by atoms with E-state index in [4.69, 9.17) is 4.42 Å². The number of amides is 2. The second-order valence-corrected chi connectivity index (χ2v) is 6.10. The number of carbonyl (C=O) groups excluding carboxylic acids is 2. The monoisotopic (exact) mass is 345 g/mol. The number of hydrogen-bond acceptors (Lipinski definition) is 5. The maximum atomic E-state index is 12.4. The van der Waals surface area contributed by atoms with Crippen LogP contribution in [0.5, 0.6) is 0 Å². The van der Waals surface area contributed by atoms with Crippen LogP contribution in [-0.4, -0.2) is 30.1 Å². The molecule has 0 bridgehead atoms. The molecule has 2 amide bonds. The summed E-state index contributed by atoms with van der Waals surface area (Å²) in [4.78, 5) is 27.6. The number of hydrogen-bond donors (Lipinski definition) is 2. The molecular formula is C18H23N3O4. The van der Waals surface area contributed by atoms with Gasteiger partial charge in [-0.2, -0.15) is 0 Å². The molecule has 2 rings (SSSR count). The van der Waals surface area contributed by atoms with Crippen LogP contribution in [-0.2, 0) is 16.1 Å². The van der Waals surface area contributed by atoms with Gasteiger partial charge in [0.15, 0.2) is 12.2 Å². The maximum Gasteiger partial charge on any atom is 0.407 e. The van der Waals surface area contributed by atoms with Crippen molar-refractivity contribution in [3.05, 3.63) is 42.4 Å². The molecule has 7 heteroatoms. The lowest BCUT2D eigenvalue weighted by molar-refractivity contribution is -0.123. The Morgan fingerprint density at radius 2 is 1.96 bits per heavy atom. The van der Waals surface area contributed by atoms with Gasteiger partial charge in [-0.05, 0) is 17.9 Å². The predicted molar refractivity (Wildman–Crippen MR) is 92.6 cm³/mol. The zero-order chi connectivity index (χ0) is 18.2. The van der Waals surface area contributed by atoms with Crippen molar-refractivity contribution in [3.8, 4) is 11.3 Å². The molecule has 7 nitrogen and oxygen atoms in total. The first-order chi connectivity index (χ1) is 12.0. The third kappa shape index (κ3) is 5.63. The van der Waals surface area contributed by atoms with Crippen LogP contribution in [0.4, 0.5) is 4.79 Å². The highest BCUT2D eigenvalue weighted by Crippen LogP contribution is 2.18. The minimum Gasteiger partial charge on any atom is -0.453 e. The van der Waals surface area contributed by atoms with Crippen molar-refractivity contribution in [2.45, 2.75) is 32.9 Å². The van der Waals surface area contributed by atoms with E-state index in [2.05, 4.69) is 20.4 Å². The van der Waals surface area contributed by atoms with Crippen molar-refractivity contribution in [1.82, 2.24) is 15.6 Å². The zero-order valence-electron chi connectivity index (χ0n) is 14.6. The Kier molecular flexibility index (Phi) is 6.56. The third-order valence-corrected chi connectivity index (χ3v) is 3.64. The van der Waals surface area contributed by atoms with E-state index in [0.29, 0.717) is 18.7 Å².